The Morgan fingerprint density at radius 2 is 1.10 bits per heavy atom. The van der Waals surface area contributed by atoms with Gasteiger partial charge in [-0.25, -0.2) is 0 Å². The Labute approximate surface area is 232 Å². The van der Waals surface area contributed by atoms with Crippen LogP contribution in [0.1, 0.15) is 11.1 Å². The highest BCUT2D eigenvalue weighted by Gasteiger charge is 2.19. The summed E-state index contributed by atoms with van der Waals surface area (Å²) in [5.74, 6) is 0. The van der Waals surface area contributed by atoms with E-state index in [9.17, 15) is 0 Å². The summed E-state index contributed by atoms with van der Waals surface area (Å²) < 4.78 is 4.74. The van der Waals surface area contributed by atoms with Crippen molar-refractivity contribution in [3.63, 3.8) is 0 Å². The standard InChI is InChI=1S/C38H26N2/c1-39-35-19-16-25(24-14-15-27-20-26-8-2-3-9-29(26)33(27)21-24)22-34(35)32-18-17-28(23-38(32)39)40-36-12-6-4-10-30(36)31-11-5-7-13-37(31)40/h2-19,21-23H,20H2,1H3. The zero-order valence-electron chi connectivity index (χ0n) is 22.2. The largest absolute Gasteiger partial charge is 0.344 e. The van der Waals surface area contributed by atoms with Gasteiger partial charge in [0.15, 0.2) is 0 Å². The van der Waals surface area contributed by atoms with Crippen LogP contribution in [0.25, 0.3) is 71.6 Å². The van der Waals surface area contributed by atoms with Crippen molar-refractivity contribution >= 4 is 43.6 Å². The topological polar surface area (TPSA) is 9.86 Å². The number of aryl methyl sites for hydroxylation is 1. The molecule has 0 aliphatic heterocycles. The Bertz CT molecular complexity index is 2260. The molecule has 0 saturated heterocycles. The molecule has 0 amide bonds. The third kappa shape index (κ3) is 2.93. The van der Waals surface area contributed by atoms with Crippen LogP contribution >= 0.6 is 0 Å². The fraction of sp³-hybridized carbons (Fsp3) is 0.0526. The zero-order chi connectivity index (χ0) is 26.4. The average molecular weight is 511 g/mol. The third-order valence-corrected chi connectivity index (χ3v) is 8.96. The zero-order valence-corrected chi connectivity index (χ0v) is 22.2. The predicted molar refractivity (Wildman–Crippen MR) is 168 cm³/mol. The number of hydrogen-bond donors (Lipinski definition) is 0. The summed E-state index contributed by atoms with van der Waals surface area (Å²) in [5.41, 5.74) is 14.3. The van der Waals surface area contributed by atoms with Gasteiger partial charge in [0.25, 0.3) is 0 Å². The molecular formula is C38H26N2. The Balaban J connectivity index is 1.22. The molecule has 1 aliphatic carbocycles. The molecule has 0 bridgehead atoms. The van der Waals surface area contributed by atoms with E-state index in [2.05, 4.69) is 144 Å². The molecule has 0 saturated carbocycles. The van der Waals surface area contributed by atoms with Crippen molar-refractivity contribution < 1.29 is 0 Å². The Kier molecular flexibility index (Phi) is 4.34. The fourth-order valence-corrected chi connectivity index (χ4v) is 7.02. The van der Waals surface area contributed by atoms with E-state index in [0.717, 1.165) is 6.42 Å². The van der Waals surface area contributed by atoms with Crippen LogP contribution in [0.2, 0.25) is 0 Å². The van der Waals surface area contributed by atoms with Crippen LogP contribution in [-0.2, 0) is 13.5 Å². The van der Waals surface area contributed by atoms with Crippen molar-refractivity contribution in [2.75, 3.05) is 0 Å². The molecule has 0 unspecified atom stereocenters. The van der Waals surface area contributed by atoms with E-state index in [4.69, 9.17) is 0 Å². The molecular weight excluding hydrogens is 484 g/mol. The van der Waals surface area contributed by atoms with Gasteiger partial charge in [-0.3, -0.25) is 0 Å². The van der Waals surface area contributed by atoms with Crippen molar-refractivity contribution in [2.45, 2.75) is 6.42 Å². The van der Waals surface area contributed by atoms with Crippen LogP contribution in [0.4, 0.5) is 0 Å². The minimum absolute atomic E-state index is 1.03. The molecule has 0 N–H and O–H groups in total. The second-order valence-electron chi connectivity index (χ2n) is 11.1. The lowest BCUT2D eigenvalue weighted by Gasteiger charge is -2.09. The minimum Gasteiger partial charge on any atom is -0.344 e. The molecule has 6 aromatic carbocycles. The van der Waals surface area contributed by atoms with Gasteiger partial charge < -0.3 is 9.13 Å². The average Bonchev–Trinajstić information content (AvgIpc) is 3.64. The summed E-state index contributed by atoms with van der Waals surface area (Å²) in [5, 5.41) is 5.16. The van der Waals surface area contributed by atoms with Crippen molar-refractivity contribution in [1.82, 2.24) is 9.13 Å². The summed E-state index contributed by atoms with van der Waals surface area (Å²) in [7, 11) is 2.19. The van der Waals surface area contributed by atoms with E-state index in [1.165, 1.54) is 82.7 Å². The molecule has 2 heterocycles. The number of benzene rings is 6. The second kappa shape index (κ2) is 7.97. The molecule has 188 valence electrons. The molecule has 8 aromatic rings. The SMILES string of the molecule is Cn1c2ccc(-c3ccc4c(c3)-c3ccccc3C4)cc2c2ccc(-n3c4ccccc4c4ccccc43)cc21. The van der Waals surface area contributed by atoms with Crippen molar-refractivity contribution in [3.8, 4) is 27.9 Å². The van der Waals surface area contributed by atoms with Gasteiger partial charge in [-0.1, -0.05) is 84.9 Å². The summed E-state index contributed by atoms with van der Waals surface area (Å²) in [4.78, 5) is 0. The van der Waals surface area contributed by atoms with Crippen LogP contribution in [-0.4, -0.2) is 9.13 Å². The van der Waals surface area contributed by atoms with E-state index in [1.807, 2.05) is 0 Å². The summed E-state index contributed by atoms with van der Waals surface area (Å²) in [6.45, 7) is 0. The van der Waals surface area contributed by atoms with Gasteiger partial charge in [0.2, 0.25) is 0 Å². The molecule has 0 fully saturated rings. The molecule has 2 heteroatoms. The third-order valence-electron chi connectivity index (χ3n) is 8.96. The van der Waals surface area contributed by atoms with Crippen LogP contribution in [0.3, 0.4) is 0 Å². The van der Waals surface area contributed by atoms with Crippen molar-refractivity contribution in [3.05, 3.63) is 139 Å². The first-order valence-corrected chi connectivity index (χ1v) is 14.0. The van der Waals surface area contributed by atoms with Gasteiger partial charge in [0, 0.05) is 39.8 Å². The molecule has 40 heavy (non-hydrogen) atoms. The van der Waals surface area contributed by atoms with Crippen LogP contribution in [0, 0.1) is 0 Å². The van der Waals surface area contributed by atoms with E-state index < -0.39 is 0 Å². The maximum Gasteiger partial charge on any atom is 0.0541 e. The lowest BCUT2D eigenvalue weighted by molar-refractivity contribution is 1.01. The normalized spacial score (nSPS) is 12.5. The predicted octanol–water partition coefficient (Wildman–Crippen LogP) is 9.67. The van der Waals surface area contributed by atoms with E-state index in [0.29, 0.717) is 0 Å². The lowest BCUT2D eigenvalue weighted by atomic mass is 9.97. The highest BCUT2D eigenvalue weighted by atomic mass is 15.0. The number of fused-ring (bicyclic) bond motifs is 9. The monoisotopic (exact) mass is 510 g/mol. The van der Waals surface area contributed by atoms with Crippen molar-refractivity contribution in [1.29, 1.82) is 0 Å². The van der Waals surface area contributed by atoms with Crippen molar-refractivity contribution in [2.24, 2.45) is 7.05 Å². The summed E-state index contributed by atoms with van der Waals surface area (Å²) in [6, 6.07) is 47.1. The van der Waals surface area contributed by atoms with Gasteiger partial charge in [-0.05, 0) is 82.3 Å². The molecule has 0 atom stereocenters. The van der Waals surface area contributed by atoms with E-state index in [-0.39, 0.29) is 0 Å². The Morgan fingerprint density at radius 1 is 0.450 bits per heavy atom. The number of para-hydroxylation sites is 2. The molecule has 1 aliphatic rings. The maximum atomic E-state index is 2.40. The van der Waals surface area contributed by atoms with E-state index in [1.54, 1.807) is 0 Å². The van der Waals surface area contributed by atoms with Crippen LogP contribution < -0.4 is 0 Å². The van der Waals surface area contributed by atoms with Gasteiger partial charge in [0.05, 0.1) is 16.6 Å². The number of aromatic nitrogens is 2. The first-order valence-electron chi connectivity index (χ1n) is 14.0. The minimum atomic E-state index is 1.03. The smallest absolute Gasteiger partial charge is 0.0541 e. The lowest BCUT2D eigenvalue weighted by Crippen LogP contribution is -1.94. The second-order valence-corrected chi connectivity index (χ2v) is 11.1. The first-order chi connectivity index (χ1) is 19.7. The molecule has 2 aromatic heterocycles. The fourth-order valence-electron chi connectivity index (χ4n) is 7.02. The number of hydrogen-bond acceptors (Lipinski definition) is 0. The summed E-state index contributed by atoms with van der Waals surface area (Å²) >= 11 is 0. The Hall–Kier alpha value is -5.08. The quantitative estimate of drug-likeness (QED) is 0.219. The highest BCUT2D eigenvalue weighted by Crippen LogP contribution is 2.40. The maximum absolute atomic E-state index is 2.40. The van der Waals surface area contributed by atoms with E-state index >= 15 is 0 Å². The van der Waals surface area contributed by atoms with Gasteiger partial charge in [-0.2, -0.15) is 0 Å². The molecule has 0 spiro atoms. The van der Waals surface area contributed by atoms with Crippen LogP contribution in [0.5, 0.6) is 0 Å². The Morgan fingerprint density at radius 3 is 1.93 bits per heavy atom. The van der Waals surface area contributed by atoms with Gasteiger partial charge >= 0.3 is 0 Å². The number of nitrogens with zero attached hydrogens (tertiary/aromatic N) is 2. The molecule has 2 nitrogen and oxygen atoms in total. The van der Waals surface area contributed by atoms with Gasteiger partial charge in [0.1, 0.15) is 0 Å². The van der Waals surface area contributed by atoms with Crippen LogP contribution in [0.15, 0.2) is 127 Å². The number of rotatable bonds is 2. The van der Waals surface area contributed by atoms with Gasteiger partial charge in [-0.15, -0.1) is 0 Å². The highest BCUT2D eigenvalue weighted by molar-refractivity contribution is 6.12. The molecule has 9 rings (SSSR count). The molecule has 0 radical (unpaired) electrons. The first kappa shape index (κ1) is 21.8. The summed E-state index contributed by atoms with van der Waals surface area (Å²) in [6.07, 6.45) is 1.03.